The molecule has 0 aliphatic carbocycles. The first-order valence-electron chi connectivity index (χ1n) is 5.67. The van der Waals surface area contributed by atoms with E-state index in [0.29, 0.717) is 11.1 Å². The van der Waals surface area contributed by atoms with Gasteiger partial charge in [0.15, 0.2) is 0 Å². The fourth-order valence-electron chi connectivity index (χ4n) is 1.68. The summed E-state index contributed by atoms with van der Waals surface area (Å²) in [7, 11) is 0. The summed E-state index contributed by atoms with van der Waals surface area (Å²) in [5.74, 6) is -0.995. The number of aliphatic hydroxyl groups is 1. The molecule has 4 nitrogen and oxygen atoms in total. The third-order valence-corrected chi connectivity index (χ3v) is 2.64. The van der Waals surface area contributed by atoms with Gasteiger partial charge in [-0.3, -0.25) is 0 Å². The number of hydrogen-bond donors (Lipinski definition) is 2. The van der Waals surface area contributed by atoms with Crippen LogP contribution in [-0.4, -0.2) is 29.0 Å². The molecule has 0 aliphatic rings. The molecule has 5 heteroatoms. The van der Waals surface area contributed by atoms with Crippen molar-refractivity contribution in [2.75, 3.05) is 6.61 Å². The van der Waals surface area contributed by atoms with E-state index in [1.54, 1.807) is 20.8 Å². The molecule has 0 fully saturated rings. The summed E-state index contributed by atoms with van der Waals surface area (Å²) < 4.78 is 18.1. The number of aliphatic hydroxyl groups excluding tert-OH is 1. The van der Waals surface area contributed by atoms with E-state index in [9.17, 15) is 19.4 Å². The van der Waals surface area contributed by atoms with Crippen LogP contribution in [0.3, 0.4) is 0 Å². The molecule has 0 saturated carbocycles. The number of phenols is 1. The highest BCUT2D eigenvalue weighted by molar-refractivity contribution is 5.75. The van der Waals surface area contributed by atoms with Gasteiger partial charge in [-0.05, 0) is 49.6 Å². The van der Waals surface area contributed by atoms with Crippen LogP contribution >= 0.6 is 0 Å². The smallest absolute Gasteiger partial charge is 0.343 e. The van der Waals surface area contributed by atoms with Crippen LogP contribution in [-0.2, 0) is 9.53 Å². The highest BCUT2D eigenvalue weighted by atomic mass is 19.1. The molecule has 1 rings (SSSR count). The van der Waals surface area contributed by atoms with Gasteiger partial charge < -0.3 is 14.9 Å². The van der Waals surface area contributed by atoms with E-state index in [2.05, 4.69) is 4.74 Å². The van der Waals surface area contributed by atoms with Crippen molar-refractivity contribution >= 4 is 5.97 Å². The minimum absolute atomic E-state index is 0.0552. The topological polar surface area (TPSA) is 66.8 Å². The molecular formula is C13H17FO4. The minimum atomic E-state index is -2.13. The number of benzene rings is 1. The molecule has 2 N–H and O–H groups in total. The highest BCUT2D eigenvalue weighted by Gasteiger charge is 2.29. The lowest BCUT2D eigenvalue weighted by Crippen LogP contribution is -2.26. The molecule has 2 unspecified atom stereocenters. The predicted molar refractivity (Wildman–Crippen MR) is 64.1 cm³/mol. The van der Waals surface area contributed by atoms with Crippen LogP contribution in [0, 0.1) is 13.8 Å². The number of esters is 1. The van der Waals surface area contributed by atoms with Gasteiger partial charge in [0.05, 0.1) is 6.61 Å². The summed E-state index contributed by atoms with van der Waals surface area (Å²) in [5, 5.41) is 19.3. The number of ether oxygens (including phenoxy) is 1. The summed E-state index contributed by atoms with van der Waals surface area (Å²) in [6.45, 7) is 4.89. The highest BCUT2D eigenvalue weighted by Crippen LogP contribution is 2.28. The summed E-state index contributed by atoms with van der Waals surface area (Å²) in [6, 6.07) is 2.89. The lowest BCUT2D eigenvalue weighted by Gasteiger charge is -2.16. The Morgan fingerprint density at radius 2 is 1.89 bits per heavy atom. The molecular weight excluding hydrogens is 239 g/mol. The average Bonchev–Trinajstić information content (AvgIpc) is 2.33. The van der Waals surface area contributed by atoms with E-state index in [4.69, 9.17) is 0 Å². The second-order valence-electron chi connectivity index (χ2n) is 4.10. The number of alkyl halides is 1. The van der Waals surface area contributed by atoms with E-state index >= 15 is 0 Å². The van der Waals surface area contributed by atoms with Crippen LogP contribution in [0.2, 0.25) is 0 Å². The number of rotatable bonds is 4. The molecule has 0 amide bonds. The van der Waals surface area contributed by atoms with Crippen LogP contribution in [0.4, 0.5) is 4.39 Å². The van der Waals surface area contributed by atoms with Crippen molar-refractivity contribution in [3.8, 4) is 5.75 Å². The van der Waals surface area contributed by atoms with Crippen LogP contribution < -0.4 is 0 Å². The Bertz CT molecular complexity index is 422. The molecule has 0 radical (unpaired) electrons. The Hall–Kier alpha value is -1.62. The van der Waals surface area contributed by atoms with Crippen molar-refractivity contribution in [3.63, 3.8) is 0 Å². The van der Waals surface area contributed by atoms with Gasteiger partial charge in [0.25, 0.3) is 0 Å². The summed E-state index contributed by atoms with van der Waals surface area (Å²) in [5.41, 5.74) is 1.27. The molecule has 0 saturated heterocycles. The van der Waals surface area contributed by atoms with Gasteiger partial charge >= 0.3 is 5.97 Å². The first kappa shape index (κ1) is 14.4. The molecule has 0 bridgehead atoms. The zero-order chi connectivity index (χ0) is 13.9. The van der Waals surface area contributed by atoms with Gasteiger partial charge in [-0.2, -0.15) is 0 Å². The van der Waals surface area contributed by atoms with Crippen LogP contribution in [0.15, 0.2) is 12.1 Å². The van der Waals surface area contributed by atoms with Gasteiger partial charge in [-0.1, -0.05) is 0 Å². The van der Waals surface area contributed by atoms with Crippen molar-refractivity contribution in [1.82, 2.24) is 0 Å². The number of aryl methyl sites for hydroxylation is 2. The second kappa shape index (κ2) is 5.82. The van der Waals surface area contributed by atoms with E-state index in [-0.39, 0.29) is 17.9 Å². The second-order valence-corrected chi connectivity index (χ2v) is 4.10. The number of phenolic OH excluding ortho intramolecular Hbond substituents is 1. The molecule has 1 aromatic carbocycles. The molecule has 100 valence electrons. The Morgan fingerprint density at radius 1 is 1.39 bits per heavy atom. The quantitative estimate of drug-likeness (QED) is 0.808. The van der Waals surface area contributed by atoms with Gasteiger partial charge in [0.1, 0.15) is 11.9 Å². The lowest BCUT2D eigenvalue weighted by atomic mass is 9.99. The fraction of sp³-hybridized carbons (Fsp3) is 0.462. The summed E-state index contributed by atoms with van der Waals surface area (Å²) >= 11 is 0. The van der Waals surface area contributed by atoms with Crippen molar-refractivity contribution in [1.29, 1.82) is 0 Å². The predicted octanol–water partition coefficient (Wildman–Crippen LogP) is 1.94. The standard InChI is InChI=1S/C13H17FO4/c1-4-18-13(17)10(14)12(16)9-5-7(2)11(15)8(3)6-9/h5-6,10,12,15-16H,4H2,1-3H3. The molecule has 0 heterocycles. The number of aromatic hydroxyl groups is 1. The Morgan fingerprint density at radius 3 is 2.33 bits per heavy atom. The van der Waals surface area contributed by atoms with E-state index in [0.717, 1.165) is 0 Å². The van der Waals surface area contributed by atoms with Crippen LogP contribution in [0.25, 0.3) is 0 Å². The van der Waals surface area contributed by atoms with Crippen molar-refractivity contribution < 1.29 is 24.1 Å². The van der Waals surface area contributed by atoms with Crippen molar-refractivity contribution in [3.05, 3.63) is 28.8 Å². The van der Waals surface area contributed by atoms with Crippen molar-refractivity contribution in [2.24, 2.45) is 0 Å². The monoisotopic (exact) mass is 256 g/mol. The molecule has 0 aliphatic heterocycles. The van der Waals surface area contributed by atoms with Gasteiger partial charge in [-0.15, -0.1) is 0 Å². The summed E-state index contributed by atoms with van der Waals surface area (Å²) in [4.78, 5) is 11.2. The largest absolute Gasteiger partial charge is 0.507 e. The van der Waals surface area contributed by atoms with E-state index in [1.807, 2.05) is 0 Å². The Balaban J connectivity index is 2.97. The first-order chi connectivity index (χ1) is 8.38. The molecule has 18 heavy (non-hydrogen) atoms. The summed E-state index contributed by atoms with van der Waals surface area (Å²) in [6.07, 6.45) is -3.73. The molecule has 0 spiro atoms. The number of carbonyl (C=O) groups is 1. The van der Waals surface area contributed by atoms with Crippen LogP contribution in [0.1, 0.15) is 29.7 Å². The maximum Gasteiger partial charge on any atom is 0.343 e. The van der Waals surface area contributed by atoms with Gasteiger partial charge in [0.2, 0.25) is 6.17 Å². The van der Waals surface area contributed by atoms with Gasteiger partial charge in [-0.25, -0.2) is 9.18 Å². The first-order valence-corrected chi connectivity index (χ1v) is 5.67. The number of hydrogen-bond acceptors (Lipinski definition) is 4. The molecule has 0 aromatic heterocycles. The maximum atomic E-state index is 13.6. The minimum Gasteiger partial charge on any atom is -0.507 e. The zero-order valence-electron chi connectivity index (χ0n) is 10.6. The average molecular weight is 256 g/mol. The van der Waals surface area contributed by atoms with E-state index in [1.165, 1.54) is 12.1 Å². The lowest BCUT2D eigenvalue weighted by molar-refractivity contribution is -0.153. The number of halogens is 1. The van der Waals surface area contributed by atoms with Crippen LogP contribution in [0.5, 0.6) is 5.75 Å². The van der Waals surface area contributed by atoms with E-state index < -0.39 is 18.2 Å². The Kier molecular flexibility index (Phi) is 4.67. The van der Waals surface area contributed by atoms with Gasteiger partial charge in [0, 0.05) is 0 Å². The third-order valence-electron chi connectivity index (χ3n) is 2.64. The molecule has 2 atom stereocenters. The normalized spacial score (nSPS) is 14.1. The zero-order valence-corrected chi connectivity index (χ0v) is 10.6. The maximum absolute atomic E-state index is 13.6. The SMILES string of the molecule is CCOC(=O)C(F)C(O)c1cc(C)c(O)c(C)c1. The molecule has 1 aromatic rings. The van der Waals surface area contributed by atoms with Crippen molar-refractivity contribution in [2.45, 2.75) is 33.0 Å². The Labute approximate surface area is 105 Å². The fourth-order valence-corrected chi connectivity index (χ4v) is 1.68. The number of carbonyl (C=O) groups excluding carboxylic acids is 1. The third kappa shape index (κ3) is 2.98.